The van der Waals surface area contributed by atoms with Crippen LogP contribution in [0.25, 0.3) is 0 Å². The normalized spacial score (nSPS) is 53.8. The lowest BCUT2D eigenvalue weighted by Gasteiger charge is -2.47. The molecule has 4 rings (SSSR count). The number of aliphatic hydroxyl groups excluding tert-OH is 7. The lowest BCUT2D eigenvalue weighted by Crippen LogP contribution is -2.68. The van der Waals surface area contributed by atoms with Crippen molar-refractivity contribution >= 4 is 0 Å². The summed E-state index contributed by atoms with van der Waals surface area (Å²) >= 11 is 0. The molecule has 0 amide bonds. The van der Waals surface area contributed by atoms with Gasteiger partial charge >= 0.3 is 0 Å². The fourth-order valence-electron chi connectivity index (χ4n) is 5.74. The van der Waals surface area contributed by atoms with Crippen LogP contribution in [0, 0.1) is 0 Å². The Kier molecular flexibility index (Phi) is 11.5. The molecule has 0 aromatic carbocycles. The van der Waals surface area contributed by atoms with E-state index in [0.717, 1.165) is 0 Å². The Morgan fingerprint density at radius 2 is 0.976 bits per heavy atom. The SMILES string of the molecule is NC[C@H]1O[C@H](O[C@H]2[C@@H](O[C@@H]3O[C@H](CO)[C@@H](O[C@H]4O[C@H](CN)[C@@H](O)[C@H](O)[C@H]4N)[C@H]3O)[C@@H](O)[C@H](N)C[C@@H]2N)[C@H](N)[C@@H](O)[C@@H]1O. The zero-order valence-corrected chi connectivity index (χ0v) is 22.8. The molecular weight excluding hydrogens is 568 g/mol. The van der Waals surface area contributed by atoms with Gasteiger partial charge in [-0.3, -0.25) is 0 Å². The van der Waals surface area contributed by atoms with E-state index in [-0.39, 0.29) is 19.5 Å². The number of nitrogens with two attached hydrogens (primary N) is 6. The van der Waals surface area contributed by atoms with E-state index in [0.29, 0.717) is 0 Å². The third kappa shape index (κ3) is 6.60. The summed E-state index contributed by atoms with van der Waals surface area (Å²) in [7, 11) is 0. The van der Waals surface area contributed by atoms with Crippen LogP contribution in [0.4, 0.5) is 0 Å². The van der Waals surface area contributed by atoms with Gasteiger partial charge in [0.25, 0.3) is 0 Å². The molecule has 0 radical (unpaired) electrons. The topological polar surface area (TPSA) is 353 Å². The van der Waals surface area contributed by atoms with Gasteiger partial charge in [-0.25, -0.2) is 0 Å². The van der Waals surface area contributed by atoms with Crippen molar-refractivity contribution in [2.45, 2.75) is 123 Å². The predicted octanol–water partition coefficient (Wildman–Crippen LogP) is -8.90. The van der Waals surface area contributed by atoms with Crippen LogP contribution in [-0.2, 0) is 28.4 Å². The summed E-state index contributed by atoms with van der Waals surface area (Å²) in [6.45, 7) is -0.967. The Morgan fingerprint density at radius 3 is 1.45 bits per heavy atom. The molecule has 4 aliphatic rings. The molecule has 3 heterocycles. The number of aliphatic hydroxyl groups is 7. The molecule has 19 heteroatoms. The molecule has 42 heavy (non-hydrogen) atoms. The maximum absolute atomic E-state index is 11.1. The van der Waals surface area contributed by atoms with E-state index in [4.69, 9.17) is 62.8 Å². The van der Waals surface area contributed by atoms with E-state index in [1.54, 1.807) is 0 Å². The van der Waals surface area contributed by atoms with Crippen LogP contribution in [0.15, 0.2) is 0 Å². The van der Waals surface area contributed by atoms with Gasteiger partial charge in [0.15, 0.2) is 18.9 Å². The first-order valence-electron chi connectivity index (χ1n) is 13.9. The Labute approximate surface area is 241 Å². The van der Waals surface area contributed by atoms with Crippen molar-refractivity contribution in [3.63, 3.8) is 0 Å². The highest BCUT2D eigenvalue weighted by Crippen LogP contribution is 2.34. The molecule has 0 unspecified atom stereocenters. The molecule has 19 nitrogen and oxygen atoms in total. The molecule has 1 aliphatic carbocycles. The maximum Gasteiger partial charge on any atom is 0.187 e. The minimum atomic E-state index is -1.60. The molecule has 19 N–H and O–H groups in total. The summed E-state index contributed by atoms with van der Waals surface area (Å²) in [4.78, 5) is 0. The van der Waals surface area contributed by atoms with Crippen molar-refractivity contribution in [2.75, 3.05) is 19.7 Å². The molecule has 0 spiro atoms. The molecule has 0 bridgehead atoms. The van der Waals surface area contributed by atoms with Crippen LogP contribution in [-0.4, -0.2) is 172 Å². The smallest absolute Gasteiger partial charge is 0.187 e. The van der Waals surface area contributed by atoms with Crippen LogP contribution in [0.2, 0.25) is 0 Å². The largest absolute Gasteiger partial charge is 0.394 e. The maximum atomic E-state index is 11.1. The predicted molar refractivity (Wildman–Crippen MR) is 138 cm³/mol. The van der Waals surface area contributed by atoms with E-state index in [1.807, 2.05) is 0 Å². The average molecular weight is 615 g/mol. The van der Waals surface area contributed by atoms with Gasteiger partial charge in [0.2, 0.25) is 0 Å². The van der Waals surface area contributed by atoms with Crippen LogP contribution < -0.4 is 34.4 Å². The van der Waals surface area contributed by atoms with Crippen molar-refractivity contribution < 1.29 is 64.2 Å². The van der Waals surface area contributed by atoms with Gasteiger partial charge in [-0.15, -0.1) is 0 Å². The number of ether oxygens (including phenoxy) is 6. The third-order valence-corrected chi connectivity index (χ3v) is 8.37. The van der Waals surface area contributed by atoms with Crippen LogP contribution >= 0.6 is 0 Å². The van der Waals surface area contributed by atoms with Gasteiger partial charge in [-0.1, -0.05) is 0 Å². The van der Waals surface area contributed by atoms with Gasteiger partial charge in [0.1, 0.15) is 67.1 Å². The number of hydrogen-bond donors (Lipinski definition) is 13. The fraction of sp³-hybridized carbons (Fsp3) is 1.00. The summed E-state index contributed by atoms with van der Waals surface area (Å²) in [6.07, 6.45) is -19.8. The molecule has 3 saturated heterocycles. The summed E-state index contributed by atoms with van der Waals surface area (Å²) in [5.41, 5.74) is 35.6. The Hall–Kier alpha value is -0.760. The second kappa shape index (κ2) is 14.1. The van der Waals surface area contributed by atoms with E-state index in [9.17, 15) is 35.7 Å². The lowest BCUT2D eigenvalue weighted by atomic mass is 9.84. The second-order valence-corrected chi connectivity index (χ2v) is 11.2. The molecule has 3 aliphatic heterocycles. The third-order valence-electron chi connectivity index (χ3n) is 8.37. The Morgan fingerprint density at radius 1 is 0.524 bits per heavy atom. The van der Waals surface area contributed by atoms with E-state index in [1.165, 1.54) is 0 Å². The summed E-state index contributed by atoms with van der Waals surface area (Å²) in [5.74, 6) is 0. The van der Waals surface area contributed by atoms with Gasteiger partial charge in [-0.2, -0.15) is 0 Å². The van der Waals surface area contributed by atoms with E-state index in [2.05, 4.69) is 0 Å². The van der Waals surface area contributed by atoms with Crippen molar-refractivity contribution in [1.29, 1.82) is 0 Å². The van der Waals surface area contributed by atoms with Crippen molar-refractivity contribution in [3.05, 3.63) is 0 Å². The van der Waals surface area contributed by atoms with Crippen molar-refractivity contribution in [2.24, 2.45) is 34.4 Å². The summed E-state index contributed by atoms with van der Waals surface area (Å²) < 4.78 is 34.6. The molecule has 0 aromatic rings. The minimum absolute atomic E-state index is 0.0889. The Balaban J connectivity index is 1.50. The number of hydrogen-bond acceptors (Lipinski definition) is 19. The zero-order valence-electron chi connectivity index (χ0n) is 22.8. The van der Waals surface area contributed by atoms with Crippen LogP contribution in [0.3, 0.4) is 0 Å². The summed E-state index contributed by atoms with van der Waals surface area (Å²) in [5, 5.41) is 73.0. The standard InChI is InChI=1S/C23H46N6O13/c24-2-7-13(32)15(34)10(28)21(37-7)40-18-6(27)1-5(26)12(31)20(18)42-23-17(36)19(9(4-30)39-23)41-22-11(29)16(35)14(33)8(3-25)38-22/h5-23,30-36H,1-4,24-29H2/t5-,6+,7-,8-,9-,10-,11-,12+,13-,14-,15-,16-,17-,18-,19-,20+,21-,22-,23+/m1/s1. The minimum Gasteiger partial charge on any atom is -0.394 e. The molecule has 19 atom stereocenters. The molecule has 246 valence electrons. The van der Waals surface area contributed by atoms with Crippen molar-refractivity contribution in [3.8, 4) is 0 Å². The van der Waals surface area contributed by atoms with Crippen molar-refractivity contribution in [1.82, 2.24) is 0 Å². The highest BCUT2D eigenvalue weighted by Gasteiger charge is 2.54. The Bertz CT molecular complexity index is 868. The second-order valence-electron chi connectivity index (χ2n) is 11.2. The molecule has 0 aromatic heterocycles. The zero-order chi connectivity index (χ0) is 31.0. The molecule has 4 fully saturated rings. The quantitative estimate of drug-likeness (QED) is 0.115. The van der Waals surface area contributed by atoms with Gasteiger partial charge in [-0.05, 0) is 6.42 Å². The van der Waals surface area contributed by atoms with Crippen LogP contribution in [0.5, 0.6) is 0 Å². The monoisotopic (exact) mass is 614 g/mol. The average Bonchev–Trinajstić information content (AvgIpc) is 3.27. The first-order valence-corrected chi connectivity index (χ1v) is 13.9. The molecular formula is C23H46N6O13. The first-order chi connectivity index (χ1) is 19.8. The summed E-state index contributed by atoms with van der Waals surface area (Å²) in [6, 6.07) is -4.18. The lowest BCUT2D eigenvalue weighted by molar-refractivity contribution is -0.306. The fourth-order valence-corrected chi connectivity index (χ4v) is 5.74. The number of rotatable bonds is 9. The van der Waals surface area contributed by atoms with E-state index >= 15 is 0 Å². The highest BCUT2D eigenvalue weighted by atomic mass is 16.8. The van der Waals surface area contributed by atoms with Gasteiger partial charge < -0.3 is 98.6 Å². The molecule has 1 saturated carbocycles. The van der Waals surface area contributed by atoms with Crippen LogP contribution in [0.1, 0.15) is 6.42 Å². The first kappa shape index (κ1) is 34.1. The van der Waals surface area contributed by atoms with E-state index < -0.39 is 123 Å². The van der Waals surface area contributed by atoms with Gasteiger partial charge in [0.05, 0.1) is 24.8 Å². The van der Waals surface area contributed by atoms with Gasteiger partial charge in [0, 0.05) is 25.2 Å². The highest BCUT2D eigenvalue weighted by molar-refractivity contribution is 5.02.